The van der Waals surface area contributed by atoms with E-state index in [-0.39, 0.29) is 43.7 Å². The van der Waals surface area contributed by atoms with Gasteiger partial charge < -0.3 is 24.4 Å². The van der Waals surface area contributed by atoms with Gasteiger partial charge >= 0.3 is 5.97 Å². The van der Waals surface area contributed by atoms with Gasteiger partial charge in [-0.2, -0.15) is 0 Å². The first kappa shape index (κ1) is 37.1. The highest BCUT2D eigenvalue weighted by molar-refractivity contribution is 7.91. The fourth-order valence-corrected chi connectivity index (χ4v) is 8.82. The molecule has 3 aliphatic carbocycles. The predicted octanol–water partition coefficient (Wildman–Crippen LogP) is 3.79. The second kappa shape index (κ2) is 14.5. The molecule has 1 saturated heterocycles. The molecule has 0 spiro atoms. The molecule has 2 aliphatic heterocycles. The standard InChI is InChI=1S/C38H49N5O9S/c1-23-34(40-30-19-27(50-3)14-15-29(30)39-23)52-28-20-31-33(45)41-38(36(47)42-53(48,49)37(2)16-17-37)21-25(38)11-8-6-4-5-7-10-24(35(46)43(31)22-28)18-32(44)51-26-12-9-13-26/h8,11,14-15,19,24-26,28,31H,4-7,9-10,12-13,16-18,20-22H2,1-3H3,(H,41,45)(H,42,47)/b11-8-/t24-,25-,28-,31+,38-/m1/s1. The Balaban J connectivity index is 1.18. The molecular weight excluding hydrogens is 703 g/mol. The molecule has 0 bridgehead atoms. The van der Waals surface area contributed by atoms with Gasteiger partial charge in [0.15, 0.2) is 0 Å². The average molecular weight is 752 g/mol. The van der Waals surface area contributed by atoms with E-state index in [9.17, 15) is 27.6 Å². The summed E-state index contributed by atoms with van der Waals surface area (Å²) >= 11 is 0. The molecular formula is C38H49N5O9S. The number of aromatic nitrogens is 2. The van der Waals surface area contributed by atoms with Crippen molar-refractivity contribution in [2.24, 2.45) is 11.8 Å². The number of hydrogen-bond donors (Lipinski definition) is 2. The van der Waals surface area contributed by atoms with Gasteiger partial charge in [0.2, 0.25) is 27.7 Å². The largest absolute Gasteiger partial charge is 0.497 e. The van der Waals surface area contributed by atoms with Gasteiger partial charge in [0.25, 0.3) is 5.91 Å². The summed E-state index contributed by atoms with van der Waals surface area (Å²) in [4.78, 5) is 66.5. The van der Waals surface area contributed by atoms with Crippen LogP contribution >= 0.6 is 0 Å². The smallest absolute Gasteiger partial charge is 0.306 e. The number of nitrogens with zero attached hydrogens (tertiary/aromatic N) is 3. The quantitative estimate of drug-likeness (QED) is 0.281. The van der Waals surface area contributed by atoms with Crippen LogP contribution < -0.4 is 19.5 Å². The van der Waals surface area contributed by atoms with Gasteiger partial charge in [-0.3, -0.25) is 23.9 Å². The number of fused-ring (bicyclic) bond motifs is 3. The van der Waals surface area contributed by atoms with Crippen molar-refractivity contribution >= 4 is 44.7 Å². The second-order valence-electron chi connectivity index (χ2n) is 15.6. The number of hydrogen-bond acceptors (Lipinski definition) is 11. The number of amides is 3. The Morgan fingerprint density at radius 1 is 1.04 bits per heavy atom. The van der Waals surface area contributed by atoms with E-state index in [1.807, 2.05) is 12.2 Å². The molecule has 286 valence electrons. The van der Waals surface area contributed by atoms with Crippen LogP contribution in [-0.4, -0.2) is 89.2 Å². The maximum atomic E-state index is 14.5. The lowest BCUT2D eigenvalue weighted by Gasteiger charge is -2.30. The van der Waals surface area contributed by atoms with E-state index in [4.69, 9.17) is 14.2 Å². The van der Waals surface area contributed by atoms with Crippen LogP contribution in [0.5, 0.6) is 11.6 Å². The molecule has 4 fully saturated rings. The van der Waals surface area contributed by atoms with Crippen molar-refractivity contribution in [3.63, 3.8) is 0 Å². The lowest BCUT2D eigenvalue weighted by molar-refractivity contribution is -0.157. The van der Waals surface area contributed by atoms with Gasteiger partial charge in [0.05, 0.1) is 35.9 Å². The molecule has 2 aromatic rings. The third kappa shape index (κ3) is 7.72. The number of ether oxygens (including phenoxy) is 3. The monoisotopic (exact) mass is 751 g/mol. The highest BCUT2D eigenvalue weighted by Gasteiger charge is 2.63. The summed E-state index contributed by atoms with van der Waals surface area (Å²) in [5.41, 5.74) is 0.224. The highest BCUT2D eigenvalue weighted by Crippen LogP contribution is 2.47. The van der Waals surface area contributed by atoms with Crippen molar-refractivity contribution in [1.82, 2.24) is 24.9 Å². The van der Waals surface area contributed by atoms with Crippen LogP contribution in [0.15, 0.2) is 30.4 Å². The minimum absolute atomic E-state index is 0.0254. The molecule has 3 heterocycles. The van der Waals surface area contributed by atoms with Crippen LogP contribution in [0.25, 0.3) is 11.0 Å². The third-order valence-corrected chi connectivity index (χ3v) is 13.8. The topological polar surface area (TPSA) is 183 Å². The van der Waals surface area contributed by atoms with E-state index >= 15 is 0 Å². The summed E-state index contributed by atoms with van der Waals surface area (Å²) in [5, 5.41) is 2.90. The number of benzene rings is 1. The number of nitrogens with one attached hydrogen (secondary N) is 2. The van der Waals surface area contributed by atoms with Crippen molar-refractivity contribution < 1.29 is 41.8 Å². The van der Waals surface area contributed by atoms with Crippen LogP contribution in [0.1, 0.15) is 96.1 Å². The summed E-state index contributed by atoms with van der Waals surface area (Å²) < 4.78 is 44.9. The first-order chi connectivity index (χ1) is 25.3. The first-order valence-electron chi connectivity index (χ1n) is 18.9. The SMILES string of the molecule is COc1ccc2nc(C)c(O[C@@H]3C[C@H]4C(=O)N[C@]5(C(=O)NS(=O)(=O)C6(C)CC6)C[C@H]5/C=C\CCCCC[C@H](CC(=O)OC5CCC5)C(=O)N4C3)nc2c1. The van der Waals surface area contributed by atoms with E-state index < -0.39 is 62.1 Å². The fraction of sp³-hybridized carbons (Fsp3) is 0.632. The van der Waals surface area contributed by atoms with E-state index in [0.29, 0.717) is 48.2 Å². The Labute approximate surface area is 309 Å². The molecule has 3 amide bonds. The van der Waals surface area contributed by atoms with Crippen molar-refractivity contribution in [2.45, 2.75) is 126 Å². The number of carbonyl (C=O) groups excluding carboxylic acids is 4. The van der Waals surface area contributed by atoms with Gasteiger partial charge in [0, 0.05) is 24.3 Å². The van der Waals surface area contributed by atoms with Crippen molar-refractivity contribution in [3.05, 3.63) is 36.0 Å². The molecule has 3 saturated carbocycles. The van der Waals surface area contributed by atoms with Crippen molar-refractivity contribution in [1.29, 1.82) is 0 Å². The molecule has 0 unspecified atom stereocenters. The minimum Gasteiger partial charge on any atom is -0.497 e. The van der Waals surface area contributed by atoms with Crippen LogP contribution in [0.2, 0.25) is 0 Å². The van der Waals surface area contributed by atoms with Gasteiger partial charge in [0.1, 0.15) is 35.2 Å². The number of carbonyl (C=O) groups is 4. The maximum absolute atomic E-state index is 14.5. The van der Waals surface area contributed by atoms with Gasteiger partial charge in [-0.05, 0) is 83.8 Å². The summed E-state index contributed by atoms with van der Waals surface area (Å²) in [6.45, 7) is 3.39. The summed E-state index contributed by atoms with van der Waals surface area (Å²) in [7, 11) is -2.42. The number of sulfonamides is 1. The maximum Gasteiger partial charge on any atom is 0.306 e. The number of esters is 1. The Bertz CT molecular complexity index is 1930. The number of allylic oxidation sites excluding steroid dienone is 1. The summed E-state index contributed by atoms with van der Waals surface area (Å²) in [6, 6.07) is 4.26. The molecule has 5 aliphatic rings. The van der Waals surface area contributed by atoms with Gasteiger partial charge in [-0.1, -0.05) is 25.0 Å². The highest BCUT2D eigenvalue weighted by atomic mass is 32.2. The number of rotatable bonds is 9. The summed E-state index contributed by atoms with van der Waals surface area (Å²) in [6.07, 6.45) is 10.3. The Morgan fingerprint density at radius 3 is 2.55 bits per heavy atom. The second-order valence-corrected chi connectivity index (χ2v) is 17.8. The molecule has 5 atom stereocenters. The fourth-order valence-electron chi connectivity index (χ4n) is 7.50. The zero-order chi connectivity index (χ0) is 37.5. The Hall–Kier alpha value is -4.27. The van der Waals surface area contributed by atoms with Crippen LogP contribution in [-0.2, 0) is 33.9 Å². The number of aryl methyl sites for hydroxylation is 1. The van der Waals surface area contributed by atoms with E-state index in [0.717, 1.165) is 38.5 Å². The Morgan fingerprint density at radius 2 is 1.83 bits per heavy atom. The van der Waals surface area contributed by atoms with E-state index in [1.165, 1.54) is 4.90 Å². The average Bonchev–Trinajstić information content (AvgIpc) is 3.98. The van der Waals surface area contributed by atoms with Crippen LogP contribution in [0.3, 0.4) is 0 Å². The normalized spacial score (nSPS) is 29.3. The summed E-state index contributed by atoms with van der Waals surface area (Å²) in [5.74, 6) is -2.47. The third-order valence-electron chi connectivity index (χ3n) is 11.6. The molecule has 14 nitrogen and oxygen atoms in total. The zero-order valence-corrected chi connectivity index (χ0v) is 31.4. The predicted molar refractivity (Wildman–Crippen MR) is 193 cm³/mol. The molecule has 53 heavy (non-hydrogen) atoms. The first-order valence-corrected chi connectivity index (χ1v) is 20.3. The number of methoxy groups -OCH3 is 1. The molecule has 2 N–H and O–H groups in total. The Kier molecular flexibility index (Phi) is 10.2. The molecule has 7 rings (SSSR count). The molecule has 1 aromatic heterocycles. The van der Waals surface area contributed by atoms with Crippen molar-refractivity contribution in [2.75, 3.05) is 13.7 Å². The van der Waals surface area contributed by atoms with E-state index in [1.54, 1.807) is 39.2 Å². The molecule has 0 radical (unpaired) electrons. The minimum atomic E-state index is -3.97. The molecule has 1 aromatic carbocycles. The van der Waals surface area contributed by atoms with Gasteiger partial charge in [-0.15, -0.1) is 0 Å². The van der Waals surface area contributed by atoms with E-state index in [2.05, 4.69) is 20.0 Å². The lowest BCUT2D eigenvalue weighted by atomic mass is 9.94. The van der Waals surface area contributed by atoms with Crippen molar-refractivity contribution in [3.8, 4) is 11.6 Å². The molecule has 15 heteroatoms. The van der Waals surface area contributed by atoms with Crippen LogP contribution in [0, 0.1) is 18.8 Å². The van der Waals surface area contributed by atoms with Gasteiger partial charge in [-0.25, -0.2) is 18.4 Å². The van der Waals surface area contributed by atoms with Crippen LogP contribution in [0.4, 0.5) is 0 Å². The lowest BCUT2D eigenvalue weighted by Crippen LogP contribution is -2.57. The zero-order valence-electron chi connectivity index (χ0n) is 30.6.